The van der Waals surface area contributed by atoms with Crippen LogP contribution in [0.3, 0.4) is 0 Å². The van der Waals surface area contributed by atoms with Crippen molar-refractivity contribution in [2.75, 3.05) is 0 Å². The van der Waals surface area contributed by atoms with Crippen LogP contribution in [0.1, 0.15) is 6.42 Å². The van der Waals surface area contributed by atoms with Crippen LogP contribution in [0.5, 0.6) is 0 Å². The zero-order valence-corrected chi connectivity index (χ0v) is 10.0. The molecular weight excluding hydrogens is 324 g/mol. The normalized spacial score (nSPS) is 9.71. The summed E-state index contributed by atoms with van der Waals surface area (Å²) in [5, 5.41) is 27.3. The van der Waals surface area contributed by atoms with Gasteiger partial charge in [0.1, 0.15) is 0 Å². The standard InChI is InChI=1S/C5H5.Ce.2HNO3/c1-2-4-5-3-1;;2*2-1(3)4/h1-3H,4H2;;2*(H,2,3,4)/q-1;;;. The molecule has 78 valence electrons. The Morgan fingerprint density at radius 1 is 1.21 bits per heavy atom. The van der Waals surface area contributed by atoms with E-state index in [2.05, 4.69) is 12.2 Å². The number of hydrogen-bond acceptors (Lipinski definition) is 4. The van der Waals surface area contributed by atoms with E-state index in [1.54, 1.807) is 0 Å². The topological polar surface area (TPSA) is 127 Å². The van der Waals surface area contributed by atoms with Gasteiger partial charge in [0.05, 0.1) is 0 Å². The van der Waals surface area contributed by atoms with Crippen molar-refractivity contribution in [2.45, 2.75) is 6.42 Å². The fraction of sp³-hybridized carbons (Fsp3) is 0.200. The molecule has 0 spiro atoms. The molecule has 0 saturated heterocycles. The molecule has 8 nitrogen and oxygen atoms in total. The Kier molecular flexibility index (Phi) is 20.0. The Morgan fingerprint density at radius 3 is 1.64 bits per heavy atom. The summed E-state index contributed by atoms with van der Waals surface area (Å²) in [5.41, 5.74) is 0. The second-order valence-corrected chi connectivity index (χ2v) is 1.48. The van der Waals surface area contributed by atoms with Crippen molar-refractivity contribution in [2.24, 2.45) is 0 Å². The summed E-state index contributed by atoms with van der Waals surface area (Å²) in [4.78, 5) is 16.7. The molecule has 0 amide bonds. The maximum atomic E-state index is 8.36. The van der Waals surface area contributed by atoms with Crippen LogP contribution in [0.2, 0.25) is 0 Å². The summed E-state index contributed by atoms with van der Waals surface area (Å²) >= 11 is 0. The number of allylic oxidation sites excluding steroid dienone is 4. The quantitative estimate of drug-likeness (QED) is 0.380. The van der Waals surface area contributed by atoms with Crippen LogP contribution in [-0.4, -0.2) is 20.6 Å². The summed E-state index contributed by atoms with van der Waals surface area (Å²) in [6, 6.07) is 0. The first-order valence-electron chi connectivity index (χ1n) is 2.85. The third-order valence-corrected chi connectivity index (χ3v) is 0.586. The molecule has 14 heavy (non-hydrogen) atoms. The average molecular weight is 331 g/mol. The van der Waals surface area contributed by atoms with Gasteiger partial charge < -0.3 is 10.4 Å². The molecule has 0 aromatic heterocycles. The van der Waals surface area contributed by atoms with Gasteiger partial charge in [-0.2, -0.15) is 6.08 Å². The van der Waals surface area contributed by atoms with Crippen LogP contribution < -0.4 is 0 Å². The summed E-state index contributed by atoms with van der Waals surface area (Å²) < 4.78 is 0. The molecule has 1 rings (SSSR count). The summed E-state index contributed by atoms with van der Waals surface area (Å²) in [5.74, 6) is 0. The van der Waals surface area contributed by atoms with E-state index in [1.165, 1.54) is 0 Å². The fourth-order valence-corrected chi connectivity index (χ4v) is 0.340. The van der Waals surface area contributed by atoms with Gasteiger partial charge in [-0.05, 0) is 0 Å². The maximum absolute atomic E-state index is 8.36. The molecule has 0 unspecified atom stereocenters. The van der Waals surface area contributed by atoms with Crippen LogP contribution in [0.25, 0.3) is 0 Å². The molecule has 9 heteroatoms. The number of rotatable bonds is 0. The van der Waals surface area contributed by atoms with Crippen molar-refractivity contribution in [3.8, 4) is 0 Å². The zero-order valence-electron chi connectivity index (χ0n) is 6.86. The van der Waals surface area contributed by atoms with E-state index in [-0.39, 0.29) is 41.7 Å². The van der Waals surface area contributed by atoms with E-state index in [1.807, 2.05) is 12.2 Å². The number of nitrogens with zero attached hydrogens (tertiary/aromatic N) is 2. The van der Waals surface area contributed by atoms with Crippen molar-refractivity contribution in [1.29, 1.82) is 0 Å². The second-order valence-electron chi connectivity index (χ2n) is 1.48. The molecular formula is C5H7CeN2O6-. The molecule has 0 fully saturated rings. The van der Waals surface area contributed by atoms with Gasteiger partial charge in [-0.1, -0.05) is 0 Å². The van der Waals surface area contributed by atoms with Gasteiger partial charge in [0.15, 0.2) is 0 Å². The molecule has 0 saturated carbocycles. The summed E-state index contributed by atoms with van der Waals surface area (Å²) in [6.07, 6.45) is 10.0. The van der Waals surface area contributed by atoms with E-state index in [0.29, 0.717) is 0 Å². The third kappa shape index (κ3) is 65.4. The van der Waals surface area contributed by atoms with Crippen molar-refractivity contribution in [3.05, 3.63) is 44.5 Å². The zero-order chi connectivity index (χ0) is 10.7. The van der Waals surface area contributed by atoms with Gasteiger partial charge in [-0.15, -0.1) is 26.6 Å². The van der Waals surface area contributed by atoms with Gasteiger partial charge in [0.2, 0.25) is 0 Å². The van der Waals surface area contributed by atoms with E-state index in [9.17, 15) is 0 Å². The fourth-order valence-electron chi connectivity index (χ4n) is 0.340. The molecule has 0 aromatic carbocycles. The minimum Gasteiger partial charge on any atom is -0.328 e. The summed E-state index contributed by atoms with van der Waals surface area (Å²) in [7, 11) is 0. The Hall–Kier alpha value is -0.743. The van der Waals surface area contributed by atoms with Gasteiger partial charge in [0, 0.05) is 41.7 Å². The van der Waals surface area contributed by atoms with Gasteiger partial charge in [-0.3, -0.25) is 6.08 Å². The van der Waals surface area contributed by atoms with Crippen molar-refractivity contribution in [1.82, 2.24) is 0 Å². The van der Waals surface area contributed by atoms with Crippen molar-refractivity contribution in [3.63, 3.8) is 0 Å². The van der Waals surface area contributed by atoms with Crippen LogP contribution in [0, 0.1) is 68.1 Å². The smallest absolute Gasteiger partial charge is 0.291 e. The van der Waals surface area contributed by atoms with Crippen LogP contribution >= 0.6 is 0 Å². The van der Waals surface area contributed by atoms with E-state index in [4.69, 9.17) is 30.6 Å². The predicted octanol–water partition coefficient (Wildman–Crippen LogP) is 0.610. The van der Waals surface area contributed by atoms with Gasteiger partial charge in [-0.25, -0.2) is 12.2 Å². The van der Waals surface area contributed by atoms with Gasteiger partial charge in [0.25, 0.3) is 10.2 Å². The van der Waals surface area contributed by atoms with Gasteiger partial charge >= 0.3 is 0 Å². The van der Waals surface area contributed by atoms with E-state index < -0.39 is 10.2 Å². The monoisotopic (exact) mass is 331 g/mol. The second kappa shape index (κ2) is 14.8. The predicted molar refractivity (Wildman–Crippen MR) is 39.1 cm³/mol. The van der Waals surface area contributed by atoms with E-state index >= 15 is 0 Å². The largest absolute Gasteiger partial charge is 0.328 e. The SMILES string of the molecule is O=[N+]([O-])O.O=[N+]([O-])O.[C-]1=CC=CC1.[Ce]. The first-order chi connectivity index (χ1) is 5.96. The molecule has 0 radical (unpaired) electrons. The maximum Gasteiger partial charge on any atom is 0.291 e. The molecule has 1 aliphatic carbocycles. The van der Waals surface area contributed by atoms with Crippen molar-refractivity contribution >= 4 is 0 Å². The molecule has 0 atom stereocenters. The molecule has 2 N–H and O–H groups in total. The van der Waals surface area contributed by atoms with Crippen molar-refractivity contribution < 1.29 is 62.3 Å². The Balaban J connectivity index is -0.000000127. The molecule has 1 aliphatic rings. The van der Waals surface area contributed by atoms with E-state index in [0.717, 1.165) is 6.42 Å². The first-order valence-corrected chi connectivity index (χ1v) is 2.85. The van der Waals surface area contributed by atoms with Crippen LogP contribution in [0.15, 0.2) is 18.2 Å². The molecule has 0 heterocycles. The average Bonchev–Trinajstić information content (AvgIpc) is 2.35. The Labute approximate surface area is 113 Å². The van der Waals surface area contributed by atoms with Crippen LogP contribution in [0.4, 0.5) is 0 Å². The Bertz CT molecular complexity index is 186. The minimum absolute atomic E-state index is 0. The molecule has 0 aromatic rings. The number of hydrogen-bond donors (Lipinski definition) is 2. The third-order valence-electron chi connectivity index (χ3n) is 0.586. The minimum atomic E-state index is -1.50. The first kappa shape index (κ1) is 18.9. The Morgan fingerprint density at radius 2 is 1.57 bits per heavy atom. The summed E-state index contributed by atoms with van der Waals surface area (Å²) in [6.45, 7) is 0. The molecule has 0 bridgehead atoms. The van der Waals surface area contributed by atoms with Crippen LogP contribution in [-0.2, 0) is 0 Å². The molecule has 0 aliphatic heterocycles.